The van der Waals surface area contributed by atoms with Gasteiger partial charge in [0.2, 0.25) is 6.33 Å². The summed E-state index contributed by atoms with van der Waals surface area (Å²) in [4.78, 5) is 40.4. The van der Waals surface area contributed by atoms with Crippen LogP contribution in [0.2, 0.25) is 5.02 Å². The number of pyridine rings is 1. The first-order valence-electron chi connectivity index (χ1n) is 11.5. The fraction of sp³-hybridized carbons (Fsp3) is 0.240. The number of hydrogen-bond acceptors (Lipinski definition) is 8. The highest BCUT2D eigenvalue weighted by Crippen LogP contribution is 2.29. The number of fused-ring (bicyclic) bond motifs is 1. The van der Waals surface area contributed by atoms with Crippen molar-refractivity contribution >= 4 is 61.5 Å². The first-order chi connectivity index (χ1) is 18.0. The Bertz CT molecular complexity index is 1550. The van der Waals surface area contributed by atoms with Gasteiger partial charge in [-0.2, -0.15) is 0 Å². The van der Waals surface area contributed by atoms with Gasteiger partial charge in [0, 0.05) is 28.3 Å². The number of hydrogen-bond donors (Lipinski definition) is 1. The third-order valence-corrected chi connectivity index (χ3v) is 7.02. The smallest absolute Gasteiger partial charge is 0.358 e. The number of aromatic nitrogens is 5. The zero-order valence-electron chi connectivity index (χ0n) is 20.9. The summed E-state index contributed by atoms with van der Waals surface area (Å²) in [6, 6.07) is 7.26. The minimum Gasteiger partial charge on any atom is -0.358 e. The van der Waals surface area contributed by atoms with E-state index in [1.54, 1.807) is 36.0 Å². The summed E-state index contributed by atoms with van der Waals surface area (Å²) in [6.45, 7) is 0.884. The third-order valence-electron chi connectivity index (χ3n) is 5.81. The number of nitro groups is 1. The van der Waals surface area contributed by atoms with Crippen molar-refractivity contribution in [3.8, 4) is 0 Å². The van der Waals surface area contributed by atoms with E-state index in [-0.39, 0.29) is 18.0 Å². The molecule has 1 aromatic carbocycles. The first-order valence-corrected chi connectivity index (χ1v) is 12.7. The summed E-state index contributed by atoms with van der Waals surface area (Å²) in [5.41, 5.74) is 2.54. The van der Waals surface area contributed by atoms with Gasteiger partial charge in [0.15, 0.2) is 11.5 Å². The number of carbonyl (C=O) groups is 1. The highest BCUT2D eigenvalue weighted by atomic mass is 79.9. The van der Waals surface area contributed by atoms with E-state index in [0.29, 0.717) is 45.3 Å². The molecule has 0 aliphatic heterocycles. The van der Waals surface area contributed by atoms with Crippen molar-refractivity contribution in [3.63, 3.8) is 0 Å². The van der Waals surface area contributed by atoms with Crippen LogP contribution in [0.15, 0.2) is 59.7 Å². The Morgan fingerprint density at radius 2 is 2.03 bits per heavy atom. The van der Waals surface area contributed by atoms with E-state index >= 15 is 0 Å². The van der Waals surface area contributed by atoms with Crippen LogP contribution in [0.1, 0.15) is 11.4 Å². The van der Waals surface area contributed by atoms with Crippen LogP contribution in [0.25, 0.3) is 10.9 Å². The van der Waals surface area contributed by atoms with Crippen LogP contribution in [-0.2, 0) is 24.8 Å². The van der Waals surface area contributed by atoms with Gasteiger partial charge in [-0.05, 0) is 62.3 Å². The largest absolute Gasteiger partial charge is 0.390 e. The molecule has 0 unspecified atom stereocenters. The molecule has 11 nitrogen and oxygen atoms in total. The molecule has 0 saturated heterocycles. The lowest BCUT2D eigenvalue weighted by molar-refractivity contribution is -0.898. The summed E-state index contributed by atoms with van der Waals surface area (Å²) in [7, 11) is 5.60. The number of quaternary nitrogens is 1. The topological polar surface area (TPSA) is 129 Å². The van der Waals surface area contributed by atoms with Crippen LogP contribution < -0.4 is 5.32 Å². The highest BCUT2D eigenvalue weighted by Gasteiger charge is 2.26. The van der Waals surface area contributed by atoms with Gasteiger partial charge >= 0.3 is 5.82 Å². The number of rotatable bonds is 10. The maximum Gasteiger partial charge on any atom is 0.390 e. The highest BCUT2D eigenvalue weighted by molar-refractivity contribution is 9.10. The Morgan fingerprint density at radius 3 is 2.76 bits per heavy atom. The van der Waals surface area contributed by atoms with Gasteiger partial charge in [0.25, 0.3) is 0 Å². The number of aryl methyl sites for hydroxylation is 1. The van der Waals surface area contributed by atoms with E-state index in [1.165, 1.54) is 18.7 Å². The molecule has 0 atom stereocenters. The van der Waals surface area contributed by atoms with Crippen molar-refractivity contribution in [2.45, 2.75) is 13.0 Å². The van der Waals surface area contributed by atoms with Crippen LogP contribution in [0.4, 0.5) is 17.3 Å². The van der Waals surface area contributed by atoms with Crippen molar-refractivity contribution < 1.29 is 14.2 Å². The van der Waals surface area contributed by atoms with Gasteiger partial charge in [-0.1, -0.05) is 11.6 Å². The van der Waals surface area contributed by atoms with Crippen molar-refractivity contribution in [2.75, 3.05) is 26.0 Å². The molecule has 0 aliphatic rings. The zero-order chi connectivity index (χ0) is 27.4. The van der Waals surface area contributed by atoms with Gasteiger partial charge in [-0.3, -0.25) is 9.78 Å². The van der Waals surface area contributed by atoms with Crippen molar-refractivity contribution in [1.29, 1.82) is 0 Å². The SMILES string of the molecule is Cn1cnc([N+](=O)[O-])c1C[N+](C)(C)C/C=C/C(=O)Cc1cc2c(Nc3ccc(Cl)c(Br)c3)ncnc2cn1. The molecular weight excluding hydrogens is 576 g/mol. The van der Waals surface area contributed by atoms with E-state index in [1.807, 2.05) is 26.2 Å². The fourth-order valence-corrected chi connectivity index (χ4v) is 4.36. The second-order valence-corrected chi connectivity index (χ2v) is 10.6. The summed E-state index contributed by atoms with van der Waals surface area (Å²) >= 11 is 9.51. The van der Waals surface area contributed by atoms with E-state index < -0.39 is 4.92 Å². The van der Waals surface area contributed by atoms with Crippen LogP contribution >= 0.6 is 27.5 Å². The molecule has 0 bridgehead atoms. The lowest BCUT2D eigenvalue weighted by atomic mass is 10.1. The van der Waals surface area contributed by atoms with Crippen LogP contribution in [0.5, 0.6) is 0 Å². The predicted octanol–water partition coefficient (Wildman–Crippen LogP) is 4.77. The lowest BCUT2D eigenvalue weighted by Crippen LogP contribution is -2.39. The number of anilines is 2. The van der Waals surface area contributed by atoms with Gasteiger partial charge in [0.05, 0.1) is 43.8 Å². The molecule has 3 aromatic heterocycles. The standard InChI is InChI=1S/C25H25BrClN8O3/c1-33-15-31-25(34(37)38)23(33)13-35(2,3)8-4-5-18(36)9-17-10-19-22(12-28-17)29-14-30-24(19)32-16-6-7-21(27)20(26)11-16/h4-7,10-12,14-15H,8-9,13H2,1-3H3,(H,29,30,32)/q+1/b5-4+. The molecule has 0 radical (unpaired) electrons. The molecular formula is C25H25BrClN8O3+. The van der Waals surface area contributed by atoms with Gasteiger partial charge < -0.3 is 24.5 Å². The summed E-state index contributed by atoms with van der Waals surface area (Å²) in [5, 5.41) is 15.9. The summed E-state index contributed by atoms with van der Waals surface area (Å²) in [5.74, 6) is 0.318. The Morgan fingerprint density at radius 1 is 1.24 bits per heavy atom. The van der Waals surface area contributed by atoms with Crippen molar-refractivity contribution in [3.05, 3.63) is 86.3 Å². The molecule has 4 rings (SSSR count). The summed E-state index contributed by atoms with van der Waals surface area (Å²) < 4.78 is 2.81. The number of carbonyl (C=O) groups excluding carboxylic acids is 1. The number of benzene rings is 1. The number of ketones is 1. The van der Waals surface area contributed by atoms with E-state index in [0.717, 1.165) is 15.5 Å². The molecule has 4 aromatic rings. The molecule has 0 spiro atoms. The fourth-order valence-electron chi connectivity index (χ4n) is 3.86. The zero-order valence-corrected chi connectivity index (χ0v) is 23.3. The van der Waals surface area contributed by atoms with E-state index in [9.17, 15) is 14.9 Å². The number of nitrogens with one attached hydrogen (secondary N) is 1. The maximum absolute atomic E-state index is 12.7. The van der Waals surface area contributed by atoms with Gasteiger partial charge in [-0.25, -0.2) is 9.97 Å². The molecule has 0 amide bonds. The van der Waals surface area contributed by atoms with Crippen molar-refractivity contribution in [2.24, 2.45) is 7.05 Å². The van der Waals surface area contributed by atoms with Crippen LogP contribution in [0, 0.1) is 10.1 Å². The Kier molecular flexibility index (Phi) is 8.14. The van der Waals surface area contributed by atoms with Crippen LogP contribution in [-0.4, -0.2) is 60.3 Å². The molecule has 1 N–H and O–H groups in total. The normalized spacial score (nSPS) is 11.8. The molecule has 0 aliphatic carbocycles. The number of likely N-dealkylation sites (N-methyl/N-ethyl adjacent to an activating group) is 1. The Balaban J connectivity index is 1.44. The lowest BCUT2D eigenvalue weighted by Gasteiger charge is -2.27. The maximum atomic E-state index is 12.7. The Hall–Kier alpha value is -3.74. The van der Waals surface area contributed by atoms with Crippen molar-refractivity contribution in [1.82, 2.24) is 24.5 Å². The first kappa shape index (κ1) is 27.3. The second kappa shape index (κ2) is 11.3. The number of allylic oxidation sites excluding steroid dienone is 1. The molecule has 38 heavy (non-hydrogen) atoms. The average Bonchev–Trinajstić information content (AvgIpc) is 3.21. The van der Waals surface area contributed by atoms with E-state index in [2.05, 4.69) is 41.2 Å². The molecule has 0 fully saturated rings. The number of halogens is 2. The van der Waals surface area contributed by atoms with Gasteiger partial charge in [-0.15, -0.1) is 0 Å². The molecule has 13 heteroatoms. The average molecular weight is 601 g/mol. The third kappa shape index (κ3) is 6.57. The monoisotopic (exact) mass is 599 g/mol. The number of nitrogens with zero attached hydrogens (tertiary/aromatic N) is 7. The Labute approximate surface area is 232 Å². The minimum absolute atomic E-state index is 0.105. The quantitative estimate of drug-likeness (QED) is 0.119. The summed E-state index contributed by atoms with van der Waals surface area (Å²) in [6.07, 6.45) is 7.91. The number of imidazole rings is 1. The van der Waals surface area contributed by atoms with Crippen LogP contribution in [0.3, 0.4) is 0 Å². The molecule has 0 saturated carbocycles. The predicted molar refractivity (Wildman–Crippen MR) is 148 cm³/mol. The van der Waals surface area contributed by atoms with Gasteiger partial charge in [0.1, 0.15) is 18.7 Å². The van der Waals surface area contributed by atoms with E-state index in [4.69, 9.17) is 11.6 Å². The molecule has 3 heterocycles. The second-order valence-electron chi connectivity index (χ2n) is 9.37. The minimum atomic E-state index is -0.481. The molecule has 196 valence electrons.